The highest BCUT2D eigenvalue weighted by Gasteiger charge is 2.25. The van der Waals surface area contributed by atoms with Gasteiger partial charge in [-0.3, -0.25) is 0 Å². The standard InChI is InChI=1S/C18H19FN4O2S2/c1-27(24,25)23-8-6-14(7-9-23)22-17-16-15(10-26-18(16)21-11-20-17)12-2-4-13(19)5-3-12/h2-5,10-11,14H,6-9H2,1H3,(H,20,21,22). The van der Waals surface area contributed by atoms with Crippen molar-refractivity contribution in [3.63, 3.8) is 0 Å². The van der Waals surface area contributed by atoms with Gasteiger partial charge < -0.3 is 5.32 Å². The number of halogens is 1. The molecule has 3 aromatic rings. The van der Waals surface area contributed by atoms with Gasteiger partial charge >= 0.3 is 0 Å². The van der Waals surface area contributed by atoms with Crippen LogP contribution < -0.4 is 5.32 Å². The van der Waals surface area contributed by atoms with Gasteiger partial charge in [-0.05, 0) is 30.5 Å². The van der Waals surface area contributed by atoms with E-state index in [4.69, 9.17) is 0 Å². The summed E-state index contributed by atoms with van der Waals surface area (Å²) in [6.07, 6.45) is 4.21. The number of piperidine rings is 1. The molecule has 1 aromatic carbocycles. The molecule has 2 aromatic heterocycles. The highest BCUT2D eigenvalue weighted by atomic mass is 32.2. The summed E-state index contributed by atoms with van der Waals surface area (Å²) < 4.78 is 38.1. The van der Waals surface area contributed by atoms with Crippen LogP contribution in [0.4, 0.5) is 10.2 Å². The maximum atomic E-state index is 13.3. The lowest BCUT2D eigenvalue weighted by Gasteiger charge is -2.31. The molecule has 0 radical (unpaired) electrons. The van der Waals surface area contributed by atoms with Gasteiger partial charge in [0.15, 0.2) is 0 Å². The minimum absolute atomic E-state index is 0.141. The van der Waals surface area contributed by atoms with E-state index in [0.717, 1.165) is 27.2 Å². The normalized spacial score (nSPS) is 16.7. The summed E-state index contributed by atoms with van der Waals surface area (Å²) in [5, 5.41) is 6.38. The number of nitrogens with zero attached hydrogens (tertiary/aromatic N) is 3. The van der Waals surface area contributed by atoms with Crippen LogP contribution in [0.25, 0.3) is 21.3 Å². The Morgan fingerprint density at radius 2 is 1.89 bits per heavy atom. The molecule has 1 saturated heterocycles. The van der Waals surface area contributed by atoms with Crippen LogP contribution in [0, 0.1) is 5.82 Å². The molecule has 1 aliphatic heterocycles. The molecule has 27 heavy (non-hydrogen) atoms. The Morgan fingerprint density at radius 3 is 2.56 bits per heavy atom. The van der Waals surface area contributed by atoms with E-state index in [9.17, 15) is 12.8 Å². The summed E-state index contributed by atoms with van der Waals surface area (Å²) >= 11 is 1.52. The zero-order valence-electron chi connectivity index (χ0n) is 14.7. The molecule has 0 atom stereocenters. The molecule has 0 aliphatic carbocycles. The van der Waals surface area contributed by atoms with Crippen LogP contribution in [0.2, 0.25) is 0 Å². The van der Waals surface area contributed by atoms with Gasteiger partial charge in [0.2, 0.25) is 10.0 Å². The van der Waals surface area contributed by atoms with Crippen LogP contribution in [-0.4, -0.2) is 48.1 Å². The van der Waals surface area contributed by atoms with Crippen molar-refractivity contribution in [2.24, 2.45) is 0 Å². The van der Waals surface area contributed by atoms with E-state index < -0.39 is 10.0 Å². The predicted octanol–water partition coefficient (Wildman–Crippen LogP) is 3.33. The van der Waals surface area contributed by atoms with Crippen molar-refractivity contribution in [1.82, 2.24) is 14.3 Å². The van der Waals surface area contributed by atoms with E-state index in [-0.39, 0.29) is 11.9 Å². The first-order valence-electron chi connectivity index (χ1n) is 8.61. The van der Waals surface area contributed by atoms with Crippen molar-refractivity contribution >= 4 is 37.4 Å². The minimum Gasteiger partial charge on any atom is -0.367 e. The van der Waals surface area contributed by atoms with Crippen LogP contribution in [0.1, 0.15) is 12.8 Å². The molecule has 0 unspecified atom stereocenters. The van der Waals surface area contributed by atoms with Gasteiger partial charge in [0.25, 0.3) is 0 Å². The van der Waals surface area contributed by atoms with Gasteiger partial charge in [-0.15, -0.1) is 11.3 Å². The van der Waals surface area contributed by atoms with Crippen molar-refractivity contribution < 1.29 is 12.8 Å². The van der Waals surface area contributed by atoms with E-state index >= 15 is 0 Å². The lowest BCUT2D eigenvalue weighted by molar-refractivity contribution is 0.331. The molecule has 0 spiro atoms. The zero-order chi connectivity index (χ0) is 19.0. The molecule has 9 heteroatoms. The smallest absolute Gasteiger partial charge is 0.211 e. The fraction of sp³-hybridized carbons (Fsp3) is 0.333. The number of rotatable bonds is 4. The van der Waals surface area contributed by atoms with Gasteiger partial charge in [0.05, 0.1) is 11.6 Å². The largest absolute Gasteiger partial charge is 0.367 e. The average Bonchev–Trinajstić information content (AvgIpc) is 3.07. The number of hydrogen-bond donors (Lipinski definition) is 1. The molecule has 1 aliphatic rings. The first-order chi connectivity index (χ1) is 12.9. The van der Waals surface area contributed by atoms with Gasteiger partial charge in [0.1, 0.15) is 22.8 Å². The number of sulfonamides is 1. The molecule has 0 bridgehead atoms. The Morgan fingerprint density at radius 1 is 1.19 bits per heavy atom. The van der Waals surface area contributed by atoms with Crippen LogP contribution in [-0.2, 0) is 10.0 Å². The van der Waals surface area contributed by atoms with Gasteiger partial charge in [0, 0.05) is 30.1 Å². The zero-order valence-corrected chi connectivity index (χ0v) is 16.4. The number of fused-ring (bicyclic) bond motifs is 1. The Balaban J connectivity index is 1.61. The van der Waals surface area contributed by atoms with E-state index in [1.165, 1.54) is 40.4 Å². The monoisotopic (exact) mass is 406 g/mol. The van der Waals surface area contributed by atoms with E-state index in [0.29, 0.717) is 25.9 Å². The maximum absolute atomic E-state index is 13.3. The van der Waals surface area contributed by atoms with Crippen molar-refractivity contribution in [3.05, 3.63) is 41.8 Å². The fourth-order valence-corrected chi connectivity index (χ4v) is 5.14. The highest BCUT2D eigenvalue weighted by molar-refractivity contribution is 7.88. The number of thiophene rings is 1. The van der Waals surface area contributed by atoms with E-state index in [1.54, 1.807) is 12.1 Å². The second kappa shape index (κ2) is 7.14. The number of nitrogens with one attached hydrogen (secondary N) is 1. The topological polar surface area (TPSA) is 75.2 Å². The third-order valence-corrected chi connectivity index (χ3v) is 6.98. The first kappa shape index (κ1) is 18.3. The van der Waals surface area contributed by atoms with Crippen LogP contribution in [0.5, 0.6) is 0 Å². The summed E-state index contributed by atoms with van der Waals surface area (Å²) in [4.78, 5) is 9.63. The Labute approximate surface area is 161 Å². The first-order valence-corrected chi connectivity index (χ1v) is 11.3. The van der Waals surface area contributed by atoms with Gasteiger partial charge in [-0.1, -0.05) is 12.1 Å². The molecule has 6 nitrogen and oxygen atoms in total. The van der Waals surface area contributed by atoms with Gasteiger partial charge in [-0.2, -0.15) is 0 Å². The summed E-state index contributed by atoms with van der Waals surface area (Å²) in [7, 11) is -3.14. The number of benzene rings is 1. The highest BCUT2D eigenvalue weighted by Crippen LogP contribution is 2.37. The SMILES string of the molecule is CS(=O)(=O)N1CCC(Nc2ncnc3scc(-c4ccc(F)cc4)c23)CC1. The summed E-state index contributed by atoms with van der Waals surface area (Å²) in [6.45, 7) is 0.998. The predicted molar refractivity (Wildman–Crippen MR) is 106 cm³/mol. The second-order valence-corrected chi connectivity index (χ2v) is 9.48. The number of aromatic nitrogens is 2. The molecular formula is C18H19FN4O2S2. The fourth-order valence-electron chi connectivity index (χ4n) is 3.35. The minimum atomic E-state index is -3.14. The van der Waals surface area contributed by atoms with Crippen molar-refractivity contribution in [3.8, 4) is 11.1 Å². The second-order valence-electron chi connectivity index (χ2n) is 6.64. The molecule has 4 rings (SSSR count). The molecule has 3 heterocycles. The lowest BCUT2D eigenvalue weighted by Crippen LogP contribution is -2.41. The van der Waals surface area contributed by atoms with Crippen molar-refractivity contribution in [2.45, 2.75) is 18.9 Å². The summed E-state index contributed by atoms with van der Waals surface area (Å²) in [6, 6.07) is 6.52. The van der Waals surface area contributed by atoms with Crippen LogP contribution in [0.15, 0.2) is 36.0 Å². The Hall–Kier alpha value is -2.10. The Bertz CT molecular complexity index is 1060. The molecule has 1 fully saturated rings. The summed E-state index contributed by atoms with van der Waals surface area (Å²) in [5.74, 6) is 0.462. The quantitative estimate of drug-likeness (QED) is 0.719. The summed E-state index contributed by atoms with van der Waals surface area (Å²) in [5.41, 5.74) is 1.87. The van der Waals surface area contributed by atoms with Crippen molar-refractivity contribution in [1.29, 1.82) is 0 Å². The number of anilines is 1. The van der Waals surface area contributed by atoms with Gasteiger partial charge in [-0.25, -0.2) is 27.1 Å². The maximum Gasteiger partial charge on any atom is 0.211 e. The third kappa shape index (κ3) is 3.80. The average molecular weight is 407 g/mol. The molecule has 1 N–H and O–H groups in total. The third-order valence-electron chi connectivity index (χ3n) is 4.79. The number of hydrogen-bond acceptors (Lipinski definition) is 6. The van der Waals surface area contributed by atoms with E-state index in [2.05, 4.69) is 15.3 Å². The van der Waals surface area contributed by atoms with E-state index in [1.807, 2.05) is 5.38 Å². The Kier molecular flexibility index (Phi) is 4.83. The van der Waals surface area contributed by atoms with Crippen molar-refractivity contribution in [2.75, 3.05) is 24.7 Å². The lowest BCUT2D eigenvalue weighted by atomic mass is 10.0. The van der Waals surface area contributed by atoms with Crippen LogP contribution in [0.3, 0.4) is 0 Å². The van der Waals surface area contributed by atoms with Crippen LogP contribution >= 0.6 is 11.3 Å². The molecule has 0 saturated carbocycles. The molecule has 142 valence electrons. The molecule has 0 amide bonds. The molecular weight excluding hydrogens is 387 g/mol.